The average Bonchev–Trinajstić information content (AvgIpc) is 2.96. The van der Waals surface area contributed by atoms with Crippen molar-refractivity contribution in [3.8, 4) is 0 Å². The van der Waals surface area contributed by atoms with Gasteiger partial charge in [0.1, 0.15) is 5.82 Å². The third-order valence-corrected chi connectivity index (χ3v) is 6.00. The Kier molecular flexibility index (Phi) is 8.36. The van der Waals surface area contributed by atoms with Crippen molar-refractivity contribution in [2.24, 2.45) is 0 Å². The lowest BCUT2D eigenvalue weighted by molar-refractivity contribution is -0.192. The predicted molar refractivity (Wildman–Crippen MR) is 135 cm³/mol. The number of hydrogen-bond donors (Lipinski definition) is 1. The predicted octanol–water partition coefficient (Wildman–Crippen LogP) is 2.97. The quantitative estimate of drug-likeness (QED) is 0.380. The monoisotopic (exact) mass is 558 g/mol. The minimum Gasteiger partial charge on any atom is -0.475 e. The third kappa shape index (κ3) is 6.57. The van der Waals surface area contributed by atoms with Crippen LogP contribution >= 0.6 is 0 Å². The molecule has 40 heavy (non-hydrogen) atoms. The van der Waals surface area contributed by atoms with Crippen molar-refractivity contribution in [3.63, 3.8) is 0 Å². The van der Waals surface area contributed by atoms with Crippen LogP contribution in [0.25, 0.3) is 10.9 Å². The number of anilines is 1. The van der Waals surface area contributed by atoms with Crippen molar-refractivity contribution < 1.29 is 32.3 Å². The van der Waals surface area contributed by atoms with E-state index in [0.717, 1.165) is 5.56 Å². The molecule has 208 valence electrons. The molecule has 1 saturated heterocycles. The number of benzene rings is 2. The first kappa shape index (κ1) is 28.1. The van der Waals surface area contributed by atoms with E-state index in [9.17, 15) is 27.2 Å². The summed E-state index contributed by atoms with van der Waals surface area (Å²) in [7, 11) is 0. The van der Waals surface area contributed by atoms with Crippen LogP contribution in [0, 0.1) is 5.82 Å². The Morgan fingerprint density at radius 1 is 0.950 bits per heavy atom. The van der Waals surface area contributed by atoms with Gasteiger partial charge in [-0.3, -0.25) is 14.3 Å². The molecule has 1 fully saturated rings. The first-order valence-electron chi connectivity index (χ1n) is 11.9. The molecule has 0 unspecified atom stereocenters. The number of carbonyl (C=O) groups excluding carboxylic acids is 1. The van der Waals surface area contributed by atoms with E-state index in [-0.39, 0.29) is 16.9 Å². The van der Waals surface area contributed by atoms with Gasteiger partial charge in [-0.15, -0.1) is 0 Å². The molecule has 0 spiro atoms. The summed E-state index contributed by atoms with van der Waals surface area (Å²) in [5, 5.41) is 11.9. The second-order valence-corrected chi connectivity index (χ2v) is 8.63. The molecule has 1 N–H and O–H groups in total. The summed E-state index contributed by atoms with van der Waals surface area (Å²) in [5.41, 5.74) is 1.28. The van der Waals surface area contributed by atoms with Crippen LogP contribution in [0.15, 0.2) is 71.9 Å². The zero-order valence-corrected chi connectivity index (χ0v) is 20.8. The number of amides is 1. The largest absolute Gasteiger partial charge is 0.490 e. The highest BCUT2D eigenvalue weighted by Gasteiger charge is 2.38. The van der Waals surface area contributed by atoms with Crippen LogP contribution in [0.2, 0.25) is 0 Å². The van der Waals surface area contributed by atoms with E-state index >= 15 is 0 Å². The lowest BCUT2D eigenvalue weighted by Crippen LogP contribution is -2.49. The molecule has 0 bridgehead atoms. The Balaban J connectivity index is 0.000000470. The fourth-order valence-electron chi connectivity index (χ4n) is 4.03. The molecule has 1 amide bonds. The number of nitrogens with zero attached hydrogens (tertiary/aromatic N) is 6. The van der Waals surface area contributed by atoms with Gasteiger partial charge in [-0.2, -0.15) is 18.3 Å². The number of carboxylic acid groups (broad SMARTS) is 1. The lowest BCUT2D eigenvalue weighted by atomic mass is 10.1. The van der Waals surface area contributed by atoms with E-state index in [0.29, 0.717) is 49.6 Å². The molecule has 0 aliphatic carbocycles. The number of halogens is 4. The molecular formula is C26H22F4N6O4. The highest BCUT2D eigenvalue weighted by Crippen LogP contribution is 2.18. The van der Waals surface area contributed by atoms with Crippen LogP contribution in [0.5, 0.6) is 0 Å². The van der Waals surface area contributed by atoms with Crippen molar-refractivity contribution in [3.05, 3.63) is 94.3 Å². The van der Waals surface area contributed by atoms with Crippen molar-refractivity contribution in [2.45, 2.75) is 12.7 Å². The number of piperazine rings is 1. The van der Waals surface area contributed by atoms with Crippen LogP contribution in [0.4, 0.5) is 23.5 Å². The number of rotatable bonds is 4. The smallest absolute Gasteiger partial charge is 0.475 e. The summed E-state index contributed by atoms with van der Waals surface area (Å²) in [5.74, 6) is -3.04. The van der Waals surface area contributed by atoms with Gasteiger partial charge < -0.3 is 14.9 Å². The summed E-state index contributed by atoms with van der Waals surface area (Å²) in [6.07, 6.45) is -0.448. The van der Waals surface area contributed by atoms with Crippen LogP contribution in [-0.4, -0.2) is 74.0 Å². The standard InChI is InChI=1S/C24H21FN6O2.C2HF3O2/c25-20-7-6-17(16-31-21-5-2-1-4-18(21)22(32)15-28-31)14-19(20)23(33)29-10-12-30(13-11-29)24-26-8-3-9-27-24;3-2(4,5)1(6)7/h1-9,14-15H,10-13,16H2;(H,6,7). The Hall–Kier alpha value is -4.88. The van der Waals surface area contributed by atoms with Gasteiger partial charge in [-0.1, -0.05) is 18.2 Å². The Labute approximate surface area is 224 Å². The maximum Gasteiger partial charge on any atom is 0.490 e. The Morgan fingerprint density at radius 2 is 1.60 bits per heavy atom. The van der Waals surface area contributed by atoms with Crippen molar-refractivity contribution in [2.75, 3.05) is 31.1 Å². The molecule has 0 radical (unpaired) electrons. The topological polar surface area (TPSA) is 122 Å². The molecule has 3 heterocycles. The summed E-state index contributed by atoms with van der Waals surface area (Å²) in [6, 6.07) is 13.5. The van der Waals surface area contributed by atoms with Crippen LogP contribution < -0.4 is 10.3 Å². The maximum absolute atomic E-state index is 14.6. The van der Waals surface area contributed by atoms with Crippen LogP contribution in [-0.2, 0) is 11.3 Å². The Bertz CT molecular complexity index is 1570. The van der Waals surface area contributed by atoms with E-state index < -0.39 is 18.0 Å². The molecule has 14 heteroatoms. The van der Waals surface area contributed by atoms with E-state index in [2.05, 4.69) is 15.1 Å². The zero-order chi connectivity index (χ0) is 28.9. The zero-order valence-electron chi connectivity index (χ0n) is 20.8. The summed E-state index contributed by atoms with van der Waals surface area (Å²) >= 11 is 0. The van der Waals surface area contributed by atoms with Gasteiger partial charge in [0, 0.05) is 44.0 Å². The summed E-state index contributed by atoms with van der Waals surface area (Å²) in [4.78, 5) is 46.2. The van der Waals surface area contributed by atoms with Crippen LogP contribution in [0.3, 0.4) is 0 Å². The fourth-order valence-corrected chi connectivity index (χ4v) is 4.03. The highest BCUT2D eigenvalue weighted by molar-refractivity contribution is 5.95. The molecule has 4 aromatic rings. The normalized spacial score (nSPS) is 13.5. The summed E-state index contributed by atoms with van der Waals surface area (Å²) < 4.78 is 48.0. The van der Waals surface area contributed by atoms with E-state index in [1.165, 1.54) is 12.3 Å². The van der Waals surface area contributed by atoms with Crippen molar-refractivity contribution in [1.29, 1.82) is 0 Å². The number of aliphatic carboxylic acids is 1. The highest BCUT2D eigenvalue weighted by atomic mass is 19.4. The van der Waals surface area contributed by atoms with Gasteiger partial charge in [0.05, 0.1) is 23.8 Å². The molecule has 10 nitrogen and oxygen atoms in total. The number of carbonyl (C=O) groups is 2. The first-order valence-corrected chi connectivity index (χ1v) is 11.9. The molecule has 5 rings (SSSR count). The molecule has 1 aliphatic heterocycles. The van der Waals surface area contributed by atoms with E-state index in [4.69, 9.17) is 9.90 Å². The van der Waals surface area contributed by atoms with E-state index in [1.807, 2.05) is 17.0 Å². The van der Waals surface area contributed by atoms with Gasteiger partial charge in [0.15, 0.2) is 0 Å². The summed E-state index contributed by atoms with van der Waals surface area (Å²) in [6.45, 7) is 2.36. The molecule has 2 aromatic heterocycles. The number of fused-ring (bicyclic) bond motifs is 1. The first-order chi connectivity index (χ1) is 19.0. The number of aromatic nitrogens is 4. The minimum absolute atomic E-state index is 0.0299. The van der Waals surface area contributed by atoms with Crippen molar-refractivity contribution in [1.82, 2.24) is 24.6 Å². The maximum atomic E-state index is 14.6. The number of hydrogen-bond acceptors (Lipinski definition) is 7. The number of carboxylic acids is 1. The fraction of sp³-hybridized carbons (Fsp3) is 0.231. The molecule has 1 aliphatic rings. The molecule has 2 aromatic carbocycles. The van der Waals surface area contributed by atoms with Gasteiger partial charge >= 0.3 is 12.1 Å². The second-order valence-electron chi connectivity index (χ2n) is 8.63. The Morgan fingerprint density at radius 3 is 2.25 bits per heavy atom. The number of para-hydroxylation sites is 1. The van der Waals surface area contributed by atoms with Gasteiger partial charge in [0.2, 0.25) is 11.4 Å². The second kappa shape index (κ2) is 11.9. The van der Waals surface area contributed by atoms with E-state index in [1.54, 1.807) is 52.3 Å². The van der Waals surface area contributed by atoms with Crippen LogP contribution in [0.1, 0.15) is 15.9 Å². The molecule has 0 saturated carbocycles. The number of alkyl halides is 3. The van der Waals surface area contributed by atoms with Gasteiger partial charge in [-0.05, 0) is 35.9 Å². The minimum atomic E-state index is -5.08. The SMILES string of the molecule is O=C(O)C(F)(F)F.O=C(c1cc(Cn2ncc(=O)c3ccccc32)ccc1F)N1CCN(c2ncccn2)CC1. The van der Waals surface area contributed by atoms with Gasteiger partial charge in [0.25, 0.3) is 5.91 Å². The molecule has 0 atom stereocenters. The average molecular weight is 558 g/mol. The van der Waals surface area contributed by atoms with Gasteiger partial charge in [-0.25, -0.2) is 19.2 Å². The lowest BCUT2D eigenvalue weighted by Gasteiger charge is -2.34. The third-order valence-electron chi connectivity index (χ3n) is 6.00. The molecular weight excluding hydrogens is 536 g/mol. The van der Waals surface area contributed by atoms with Crippen molar-refractivity contribution >= 4 is 28.7 Å².